The molecule has 0 N–H and O–H groups in total. The van der Waals surface area contributed by atoms with E-state index in [1.165, 1.54) is 12.8 Å². The number of fused-ring (bicyclic) bond motifs is 2. The summed E-state index contributed by atoms with van der Waals surface area (Å²) in [6.45, 7) is 10.6. The second-order valence-corrected chi connectivity index (χ2v) is 35.2. The molecular weight excluding hydrogens is 540 g/mol. The Labute approximate surface area is 186 Å². The van der Waals surface area contributed by atoms with Crippen LogP contribution in [0.1, 0.15) is 12.8 Å². The molecule has 0 saturated carbocycles. The fourth-order valence-electron chi connectivity index (χ4n) is 6.50. The minimum atomic E-state index is -1.82. The van der Waals surface area contributed by atoms with Crippen LogP contribution < -0.4 is 20.7 Å². The van der Waals surface area contributed by atoms with Gasteiger partial charge in [-0.05, 0) is 8.57 Å². The zero-order valence-electron chi connectivity index (χ0n) is 16.3. The summed E-state index contributed by atoms with van der Waals surface area (Å²) in [6, 6.07) is 19.0. The van der Waals surface area contributed by atoms with Crippen LogP contribution in [-0.2, 0) is 0 Å². The molecule has 1 saturated heterocycles. The molecular formula is C20H24Br2Si5. The van der Waals surface area contributed by atoms with Crippen molar-refractivity contribution in [2.45, 2.75) is 47.6 Å². The van der Waals surface area contributed by atoms with Crippen LogP contribution in [0.15, 0.2) is 48.5 Å². The highest BCUT2D eigenvalue weighted by molar-refractivity contribution is 9.51. The molecule has 2 aromatic carbocycles. The lowest BCUT2D eigenvalue weighted by atomic mass is 10.4. The highest BCUT2D eigenvalue weighted by Crippen LogP contribution is 2.73. The number of rotatable bonds is 0. The predicted octanol–water partition coefficient (Wildman–Crippen LogP) is 3.40. The number of hydrogen-bond donors (Lipinski definition) is 0. The van der Waals surface area contributed by atoms with Crippen molar-refractivity contribution in [1.82, 2.24) is 0 Å². The predicted molar refractivity (Wildman–Crippen MR) is 136 cm³/mol. The molecule has 0 atom stereocenters. The first-order valence-electron chi connectivity index (χ1n) is 9.74. The van der Waals surface area contributed by atoms with E-state index in [2.05, 4.69) is 105 Å². The van der Waals surface area contributed by atoms with Gasteiger partial charge in [-0.15, -0.1) is 30.6 Å². The fourth-order valence-corrected chi connectivity index (χ4v) is 60.6. The second kappa shape index (κ2) is 6.24. The Bertz CT molecular complexity index is 799. The van der Waals surface area contributed by atoms with Gasteiger partial charge in [-0.3, -0.25) is 0 Å². The summed E-state index contributed by atoms with van der Waals surface area (Å²) in [5.41, 5.74) is 0. The Balaban J connectivity index is 1.70. The molecule has 0 nitrogen and oxygen atoms in total. The standard InChI is InChI=1S/C20H24Br2Si5/c1-23-15-9-5-6-10-16(15)24(2)19(23)13-14-20(27(19,21)22)25(3)17-11-7-8-12-18(17)26(20)4/h5-12H,13-14H2,1-4H3. The Morgan fingerprint density at radius 3 is 1.15 bits per heavy atom. The monoisotopic (exact) mass is 562 g/mol. The fraction of sp³-hybridized carbons (Fsp3) is 0.400. The molecule has 0 aliphatic carbocycles. The van der Waals surface area contributed by atoms with Gasteiger partial charge in [0.15, 0.2) is 0 Å². The molecule has 3 heterocycles. The molecule has 27 heavy (non-hydrogen) atoms. The van der Waals surface area contributed by atoms with Gasteiger partial charge in [-0.1, -0.05) is 108 Å². The van der Waals surface area contributed by atoms with Gasteiger partial charge >= 0.3 is 0 Å². The van der Waals surface area contributed by atoms with Crippen molar-refractivity contribution < 1.29 is 0 Å². The topological polar surface area (TPSA) is 0 Å². The van der Waals surface area contributed by atoms with Crippen LogP contribution in [0.2, 0.25) is 34.8 Å². The number of halogens is 2. The summed E-state index contributed by atoms with van der Waals surface area (Å²) in [4.78, 5) is 0. The lowest BCUT2D eigenvalue weighted by Crippen LogP contribution is -2.61. The average Bonchev–Trinajstić information content (AvgIpc) is 3.15. The Morgan fingerprint density at radius 2 is 0.889 bits per heavy atom. The molecule has 0 aromatic heterocycles. The SMILES string of the molecule is C[Si]1c2ccccc2[Si](C)C12CCC1([Si](C)c3ccccc3[Si]1C)[Si]2(Br)Br. The molecule has 0 bridgehead atoms. The van der Waals surface area contributed by atoms with Crippen LogP contribution in [0.3, 0.4) is 0 Å². The third-order valence-corrected chi connectivity index (χ3v) is 52.6. The van der Waals surface area contributed by atoms with E-state index in [-0.39, 0.29) is 0 Å². The molecule has 0 amide bonds. The maximum absolute atomic E-state index is 4.65. The summed E-state index contributed by atoms with van der Waals surface area (Å²) < 4.78 is 1.18. The first-order valence-corrected chi connectivity index (χ1v) is 24.3. The number of hydrogen-bond acceptors (Lipinski definition) is 0. The zero-order valence-corrected chi connectivity index (χ0v) is 24.5. The van der Waals surface area contributed by atoms with E-state index >= 15 is 0 Å². The minimum absolute atomic E-state index is 0.555. The van der Waals surface area contributed by atoms with E-state index in [1.807, 2.05) is 0 Å². The average molecular weight is 565 g/mol. The summed E-state index contributed by atoms with van der Waals surface area (Å²) in [6.07, 6.45) is 2.94. The van der Waals surface area contributed by atoms with Crippen molar-refractivity contribution in [2.75, 3.05) is 0 Å². The van der Waals surface area contributed by atoms with Gasteiger partial charge in [0.1, 0.15) is 0 Å². The molecule has 3 aliphatic rings. The minimum Gasteiger partial charge on any atom is -0.111 e. The summed E-state index contributed by atoms with van der Waals surface area (Å²) >= 11 is 9.29. The van der Waals surface area contributed by atoms with Crippen LogP contribution >= 0.6 is 30.6 Å². The third kappa shape index (κ3) is 2.07. The first-order chi connectivity index (χ1) is 12.8. The van der Waals surface area contributed by atoms with Gasteiger partial charge < -0.3 is 0 Å². The Kier molecular flexibility index (Phi) is 4.50. The van der Waals surface area contributed by atoms with Crippen molar-refractivity contribution in [1.29, 1.82) is 0 Å². The lowest BCUT2D eigenvalue weighted by molar-refractivity contribution is 0.798. The molecule has 2 spiro atoms. The molecule has 7 heteroatoms. The van der Waals surface area contributed by atoms with E-state index < -0.39 is 40.5 Å². The van der Waals surface area contributed by atoms with Crippen LogP contribution in [0, 0.1) is 0 Å². The van der Waals surface area contributed by atoms with Crippen LogP contribution in [0.25, 0.3) is 0 Å². The van der Waals surface area contributed by atoms with E-state index in [0.717, 1.165) is 0 Å². The molecule has 5 rings (SSSR count). The molecule has 3 aliphatic heterocycles. The van der Waals surface area contributed by atoms with Crippen molar-refractivity contribution >= 4 is 91.8 Å². The molecule has 0 unspecified atom stereocenters. The quantitative estimate of drug-likeness (QED) is 0.340. The summed E-state index contributed by atoms with van der Waals surface area (Å²) in [5, 5.41) is 5.23. The first kappa shape index (κ1) is 19.4. The van der Waals surface area contributed by atoms with Crippen molar-refractivity contribution in [2.24, 2.45) is 0 Å². The largest absolute Gasteiger partial charge is 0.203 e. The van der Waals surface area contributed by atoms with Gasteiger partial charge in [0.05, 0.1) is 35.2 Å². The normalized spacial score (nSPS) is 26.1. The second-order valence-electron chi connectivity index (χ2n) is 8.48. The van der Waals surface area contributed by atoms with Gasteiger partial charge in [0.2, 0.25) is 5.31 Å². The van der Waals surface area contributed by atoms with Crippen molar-refractivity contribution in [3.63, 3.8) is 0 Å². The van der Waals surface area contributed by atoms with Crippen molar-refractivity contribution in [3.8, 4) is 0 Å². The highest BCUT2D eigenvalue weighted by Gasteiger charge is 2.77. The van der Waals surface area contributed by atoms with E-state index in [9.17, 15) is 0 Å². The van der Waals surface area contributed by atoms with Gasteiger partial charge in [-0.2, -0.15) is 0 Å². The molecule has 1 fully saturated rings. The maximum Gasteiger partial charge on any atom is 0.203 e. The summed E-state index contributed by atoms with van der Waals surface area (Å²) in [5.74, 6) is 0. The molecule has 2 aromatic rings. The van der Waals surface area contributed by atoms with E-state index in [4.69, 9.17) is 0 Å². The smallest absolute Gasteiger partial charge is 0.111 e. The molecule has 138 valence electrons. The summed E-state index contributed by atoms with van der Waals surface area (Å²) in [7, 11) is -2.22. The van der Waals surface area contributed by atoms with Crippen LogP contribution in [0.5, 0.6) is 0 Å². The highest BCUT2D eigenvalue weighted by atomic mass is 79.9. The Hall–Kier alpha value is 0.484. The lowest BCUT2D eigenvalue weighted by Gasteiger charge is -2.49. The van der Waals surface area contributed by atoms with Gasteiger partial charge in [0, 0.05) is 0 Å². The zero-order chi connectivity index (χ0) is 19.2. The van der Waals surface area contributed by atoms with E-state index in [1.54, 1.807) is 20.7 Å². The molecule has 4 radical (unpaired) electrons. The maximum atomic E-state index is 4.65. The van der Waals surface area contributed by atoms with E-state index in [0.29, 0.717) is 8.57 Å². The van der Waals surface area contributed by atoms with Gasteiger partial charge in [-0.25, -0.2) is 0 Å². The van der Waals surface area contributed by atoms with Crippen LogP contribution in [-0.4, -0.2) is 40.5 Å². The third-order valence-electron chi connectivity index (χ3n) is 7.98. The van der Waals surface area contributed by atoms with Crippen LogP contribution in [0.4, 0.5) is 0 Å². The van der Waals surface area contributed by atoms with Crippen molar-refractivity contribution in [3.05, 3.63) is 48.5 Å². The van der Waals surface area contributed by atoms with Gasteiger partial charge in [0.25, 0.3) is 0 Å². The number of benzene rings is 2. The Morgan fingerprint density at radius 1 is 0.630 bits per heavy atom.